The third-order valence-corrected chi connectivity index (χ3v) is 3.11. The highest BCUT2D eigenvalue weighted by molar-refractivity contribution is 7.09. The number of nitrogens with one attached hydrogen (secondary N) is 1. The maximum atomic E-state index is 11.5. The van der Waals surface area contributed by atoms with Gasteiger partial charge in [0.1, 0.15) is 5.01 Å². The first kappa shape index (κ1) is 13.1. The molecule has 0 aliphatic carbocycles. The van der Waals surface area contributed by atoms with E-state index in [-0.39, 0.29) is 25.0 Å². The molecule has 0 radical (unpaired) electrons. The number of nitrogens with two attached hydrogens (primary N) is 1. The molecule has 1 unspecified atom stereocenters. The zero-order valence-electron chi connectivity index (χ0n) is 9.27. The molecule has 0 spiro atoms. The van der Waals surface area contributed by atoms with Gasteiger partial charge in [-0.25, -0.2) is 4.98 Å². The van der Waals surface area contributed by atoms with Gasteiger partial charge in [-0.05, 0) is 6.42 Å². The number of hydrogen-bond donors (Lipinski definition) is 3. The summed E-state index contributed by atoms with van der Waals surface area (Å²) in [6, 6.07) is -0.167. The number of nitrogens with zero attached hydrogens (tertiary/aromatic N) is 1. The van der Waals surface area contributed by atoms with Gasteiger partial charge in [-0.3, -0.25) is 4.79 Å². The summed E-state index contributed by atoms with van der Waals surface area (Å²) in [4.78, 5) is 15.7. The van der Waals surface area contributed by atoms with Crippen LogP contribution in [0.3, 0.4) is 0 Å². The minimum atomic E-state index is -0.167. The number of hydrogen-bond acceptors (Lipinski definition) is 5. The lowest BCUT2D eigenvalue weighted by atomic mass is 10.2. The summed E-state index contributed by atoms with van der Waals surface area (Å²) in [5.41, 5.74) is 6.16. The molecule has 4 N–H and O–H groups in total. The third kappa shape index (κ3) is 3.88. The van der Waals surface area contributed by atoms with Crippen LogP contribution in [0.5, 0.6) is 0 Å². The van der Waals surface area contributed by atoms with Crippen LogP contribution in [0.2, 0.25) is 0 Å². The molecule has 1 aromatic rings. The van der Waals surface area contributed by atoms with Crippen molar-refractivity contribution in [3.63, 3.8) is 0 Å². The second-order valence-electron chi connectivity index (χ2n) is 3.47. The van der Waals surface area contributed by atoms with Crippen molar-refractivity contribution >= 4 is 17.2 Å². The van der Waals surface area contributed by atoms with Gasteiger partial charge in [-0.15, -0.1) is 11.3 Å². The lowest BCUT2D eigenvalue weighted by Gasteiger charge is -2.13. The van der Waals surface area contributed by atoms with E-state index in [0.29, 0.717) is 13.0 Å². The fourth-order valence-corrected chi connectivity index (χ4v) is 1.92. The monoisotopic (exact) mass is 243 g/mol. The fourth-order valence-electron chi connectivity index (χ4n) is 1.24. The van der Waals surface area contributed by atoms with E-state index >= 15 is 0 Å². The summed E-state index contributed by atoms with van der Waals surface area (Å²) in [5.74, 6) is -0.116. The lowest BCUT2D eigenvalue weighted by Crippen LogP contribution is -2.37. The number of carbonyl (C=O) groups excluding carboxylic acids is 1. The number of rotatable bonds is 6. The van der Waals surface area contributed by atoms with Gasteiger partial charge in [0, 0.05) is 11.9 Å². The molecule has 0 aliphatic rings. The van der Waals surface area contributed by atoms with Crippen molar-refractivity contribution in [1.29, 1.82) is 0 Å². The minimum Gasteiger partial charge on any atom is -0.394 e. The Kier molecular flexibility index (Phi) is 5.37. The van der Waals surface area contributed by atoms with Crippen molar-refractivity contribution in [2.24, 2.45) is 5.73 Å². The minimum absolute atomic E-state index is 0.0344. The second kappa shape index (κ2) is 6.57. The van der Waals surface area contributed by atoms with Crippen molar-refractivity contribution in [3.05, 3.63) is 16.1 Å². The number of carbonyl (C=O) groups is 1. The Balaban J connectivity index is 2.44. The van der Waals surface area contributed by atoms with Crippen molar-refractivity contribution < 1.29 is 9.90 Å². The van der Waals surface area contributed by atoms with Gasteiger partial charge in [-0.1, -0.05) is 6.92 Å². The number of aromatic nitrogens is 1. The highest BCUT2D eigenvalue weighted by Crippen LogP contribution is 2.09. The van der Waals surface area contributed by atoms with Gasteiger partial charge in [0.2, 0.25) is 5.91 Å². The van der Waals surface area contributed by atoms with Crippen LogP contribution in [0.15, 0.2) is 5.38 Å². The summed E-state index contributed by atoms with van der Waals surface area (Å²) in [7, 11) is 0. The molecule has 1 rings (SSSR count). The smallest absolute Gasteiger partial charge is 0.226 e. The van der Waals surface area contributed by atoms with Crippen molar-refractivity contribution in [3.8, 4) is 0 Å². The molecule has 90 valence electrons. The quantitative estimate of drug-likeness (QED) is 0.658. The highest BCUT2D eigenvalue weighted by atomic mass is 32.1. The van der Waals surface area contributed by atoms with E-state index in [1.54, 1.807) is 0 Å². The van der Waals surface area contributed by atoms with Crippen LogP contribution in [0.1, 0.15) is 24.0 Å². The fraction of sp³-hybridized carbons (Fsp3) is 0.600. The van der Waals surface area contributed by atoms with E-state index in [0.717, 1.165) is 10.7 Å². The van der Waals surface area contributed by atoms with Gasteiger partial charge in [-0.2, -0.15) is 0 Å². The predicted octanol–water partition coefficient (Wildman–Crippen LogP) is 0.0314. The molecule has 1 heterocycles. The van der Waals surface area contributed by atoms with E-state index in [2.05, 4.69) is 10.3 Å². The summed E-state index contributed by atoms with van der Waals surface area (Å²) < 4.78 is 0. The summed E-state index contributed by atoms with van der Waals surface area (Å²) >= 11 is 1.46. The van der Waals surface area contributed by atoms with Crippen LogP contribution < -0.4 is 11.1 Å². The van der Waals surface area contributed by atoms with Crippen LogP contribution in [0, 0.1) is 0 Å². The Bertz CT molecular complexity index is 337. The normalized spacial score (nSPS) is 12.4. The standard InChI is InChI=1S/C10H17N3O2S/c1-2-7(5-14)12-9(15)3-8-6-16-10(4-11)13-8/h6-7,14H,2-5,11H2,1H3,(H,12,15). The molecule has 0 bridgehead atoms. The van der Waals surface area contributed by atoms with Crippen LogP contribution >= 0.6 is 11.3 Å². The van der Waals surface area contributed by atoms with Gasteiger partial charge >= 0.3 is 0 Å². The van der Waals surface area contributed by atoms with Crippen LogP contribution in [-0.4, -0.2) is 28.6 Å². The topological polar surface area (TPSA) is 88.2 Å². The van der Waals surface area contributed by atoms with Gasteiger partial charge in [0.25, 0.3) is 0 Å². The zero-order valence-corrected chi connectivity index (χ0v) is 10.1. The first-order valence-electron chi connectivity index (χ1n) is 5.23. The number of thiazole rings is 1. The number of amides is 1. The van der Waals surface area contributed by atoms with E-state index in [9.17, 15) is 4.79 Å². The van der Waals surface area contributed by atoms with E-state index < -0.39 is 0 Å². The summed E-state index contributed by atoms with van der Waals surface area (Å²) in [6.45, 7) is 2.28. The van der Waals surface area contributed by atoms with Gasteiger partial charge in [0.05, 0.1) is 24.8 Å². The summed E-state index contributed by atoms with van der Waals surface area (Å²) in [6.07, 6.45) is 0.959. The van der Waals surface area contributed by atoms with Gasteiger partial charge < -0.3 is 16.2 Å². The summed E-state index contributed by atoms with van der Waals surface area (Å²) in [5, 5.41) is 14.3. The molecule has 0 saturated carbocycles. The molecule has 6 heteroatoms. The molecule has 0 aliphatic heterocycles. The molecule has 0 aromatic carbocycles. The van der Waals surface area contributed by atoms with E-state index in [4.69, 9.17) is 10.8 Å². The molecular formula is C10H17N3O2S. The van der Waals surface area contributed by atoms with E-state index in [1.165, 1.54) is 11.3 Å². The predicted molar refractivity (Wildman–Crippen MR) is 63.0 cm³/mol. The molecule has 16 heavy (non-hydrogen) atoms. The largest absolute Gasteiger partial charge is 0.394 e. The number of aliphatic hydroxyl groups is 1. The maximum absolute atomic E-state index is 11.5. The maximum Gasteiger partial charge on any atom is 0.226 e. The molecule has 0 saturated heterocycles. The third-order valence-electron chi connectivity index (χ3n) is 2.19. The SMILES string of the molecule is CCC(CO)NC(=O)Cc1csc(CN)n1. The van der Waals surface area contributed by atoms with Crippen molar-refractivity contribution in [2.75, 3.05) is 6.61 Å². The van der Waals surface area contributed by atoms with Crippen molar-refractivity contribution in [2.45, 2.75) is 32.4 Å². The Morgan fingerprint density at radius 1 is 1.75 bits per heavy atom. The van der Waals surface area contributed by atoms with E-state index in [1.807, 2.05) is 12.3 Å². The molecule has 1 aromatic heterocycles. The Morgan fingerprint density at radius 3 is 3.00 bits per heavy atom. The Hall–Kier alpha value is -0.980. The molecule has 1 amide bonds. The van der Waals surface area contributed by atoms with Crippen LogP contribution in [-0.2, 0) is 17.8 Å². The highest BCUT2D eigenvalue weighted by Gasteiger charge is 2.11. The lowest BCUT2D eigenvalue weighted by molar-refractivity contribution is -0.121. The second-order valence-corrected chi connectivity index (χ2v) is 4.41. The molecule has 5 nitrogen and oxygen atoms in total. The first-order chi connectivity index (χ1) is 7.69. The molecule has 1 atom stereocenters. The zero-order chi connectivity index (χ0) is 12.0. The number of aliphatic hydroxyl groups excluding tert-OH is 1. The average Bonchev–Trinajstić information content (AvgIpc) is 2.73. The molecule has 0 fully saturated rings. The Morgan fingerprint density at radius 2 is 2.50 bits per heavy atom. The van der Waals surface area contributed by atoms with Gasteiger partial charge in [0.15, 0.2) is 0 Å². The Labute approximate surface area is 98.7 Å². The first-order valence-corrected chi connectivity index (χ1v) is 6.11. The molecular weight excluding hydrogens is 226 g/mol. The van der Waals surface area contributed by atoms with Crippen LogP contribution in [0.25, 0.3) is 0 Å². The van der Waals surface area contributed by atoms with Crippen molar-refractivity contribution in [1.82, 2.24) is 10.3 Å². The average molecular weight is 243 g/mol. The van der Waals surface area contributed by atoms with Crippen LogP contribution in [0.4, 0.5) is 0 Å².